The first-order chi connectivity index (χ1) is 6.69. The highest BCUT2D eigenvalue weighted by Gasteiger charge is 2.05. The molecule has 1 rings (SSSR count). The van der Waals surface area contributed by atoms with Gasteiger partial charge in [0.1, 0.15) is 5.82 Å². The summed E-state index contributed by atoms with van der Waals surface area (Å²) in [5.74, 6) is 1.38. The van der Waals surface area contributed by atoms with E-state index in [-0.39, 0.29) is 0 Å². The minimum absolute atomic E-state index is 0.491. The largest absolute Gasteiger partial charge is 0.479 e. The zero-order chi connectivity index (χ0) is 10.6. The normalized spacial score (nSPS) is 9.93. The van der Waals surface area contributed by atoms with E-state index in [0.717, 1.165) is 18.8 Å². The van der Waals surface area contributed by atoms with Gasteiger partial charge in [0.2, 0.25) is 5.88 Å². The number of nitrogens with two attached hydrogens (primary N) is 1. The molecule has 0 spiro atoms. The Balaban J connectivity index is 2.88. The molecule has 0 fully saturated rings. The van der Waals surface area contributed by atoms with Crippen LogP contribution in [0.25, 0.3) is 0 Å². The van der Waals surface area contributed by atoms with Crippen LogP contribution in [0.15, 0.2) is 12.1 Å². The molecule has 0 bridgehead atoms. The summed E-state index contributed by atoms with van der Waals surface area (Å²) in [6.07, 6.45) is 1.09. The quantitative estimate of drug-likeness (QED) is 0.791. The van der Waals surface area contributed by atoms with Gasteiger partial charge in [0.15, 0.2) is 0 Å². The van der Waals surface area contributed by atoms with Crippen molar-refractivity contribution in [2.75, 3.05) is 31.3 Å². The van der Waals surface area contributed by atoms with E-state index in [9.17, 15) is 0 Å². The molecule has 4 heteroatoms. The van der Waals surface area contributed by atoms with E-state index in [4.69, 9.17) is 10.5 Å². The van der Waals surface area contributed by atoms with E-state index >= 15 is 0 Å². The van der Waals surface area contributed by atoms with Gasteiger partial charge in [0, 0.05) is 13.6 Å². The summed E-state index contributed by atoms with van der Waals surface area (Å²) >= 11 is 0. The van der Waals surface area contributed by atoms with Crippen LogP contribution in [0.5, 0.6) is 5.88 Å². The van der Waals surface area contributed by atoms with Crippen molar-refractivity contribution in [2.45, 2.75) is 13.3 Å². The number of ether oxygens (including phenoxy) is 1. The third-order valence-electron chi connectivity index (χ3n) is 2.02. The highest BCUT2D eigenvalue weighted by atomic mass is 16.5. The maximum Gasteiger partial charge on any atom is 0.238 e. The second-order valence-corrected chi connectivity index (χ2v) is 3.19. The molecule has 1 aromatic rings. The van der Waals surface area contributed by atoms with Crippen molar-refractivity contribution >= 4 is 11.5 Å². The highest BCUT2D eigenvalue weighted by molar-refractivity contribution is 5.54. The zero-order valence-electron chi connectivity index (χ0n) is 8.95. The van der Waals surface area contributed by atoms with Crippen molar-refractivity contribution in [3.8, 4) is 5.88 Å². The van der Waals surface area contributed by atoms with Crippen LogP contribution in [-0.4, -0.2) is 25.7 Å². The Hall–Kier alpha value is -1.45. The summed E-state index contributed by atoms with van der Waals surface area (Å²) in [7, 11) is 3.57. The van der Waals surface area contributed by atoms with E-state index in [2.05, 4.69) is 16.8 Å². The molecular formula is C10H17N3O. The molecule has 0 amide bonds. The number of nitrogen functional groups attached to an aromatic ring is 1. The second kappa shape index (κ2) is 4.69. The summed E-state index contributed by atoms with van der Waals surface area (Å²) in [4.78, 5) is 6.36. The lowest BCUT2D eigenvalue weighted by molar-refractivity contribution is 0.400. The molecule has 0 aromatic carbocycles. The fraction of sp³-hybridized carbons (Fsp3) is 0.500. The van der Waals surface area contributed by atoms with E-state index < -0.39 is 0 Å². The molecule has 0 radical (unpaired) electrons. The number of nitrogens with zero attached hydrogens (tertiary/aromatic N) is 2. The first kappa shape index (κ1) is 10.6. The van der Waals surface area contributed by atoms with Gasteiger partial charge in [-0.2, -0.15) is 4.98 Å². The predicted molar refractivity (Wildman–Crippen MR) is 58.8 cm³/mol. The Morgan fingerprint density at radius 1 is 1.50 bits per heavy atom. The Morgan fingerprint density at radius 2 is 2.21 bits per heavy atom. The summed E-state index contributed by atoms with van der Waals surface area (Å²) in [5.41, 5.74) is 6.24. The van der Waals surface area contributed by atoms with Gasteiger partial charge in [0.05, 0.1) is 12.8 Å². The molecular weight excluding hydrogens is 178 g/mol. The van der Waals surface area contributed by atoms with Gasteiger partial charge in [0.25, 0.3) is 0 Å². The first-order valence-corrected chi connectivity index (χ1v) is 4.70. The van der Waals surface area contributed by atoms with Crippen LogP contribution in [0.2, 0.25) is 0 Å². The van der Waals surface area contributed by atoms with Crippen molar-refractivity contribution < 1.29 is 4.74 Å². The van der Waals surface area contributed by atoms with Crippen LogP contribution in [0.4, 0.5) is 11.5 Å². The van der Waals surface area contributed by atoms with E-state index in [1.54, 1.807) is 7.11 Å². The number of methoxy groups -OCH3 is 1. The SMILES string of the molecule is CCCN(C)c1ccc(N)c(OC)n1. The van der Waals surface area contributed by atoms with Crippen molar-refractivity contribution in [2.24, 2.45) is 0 Å². The summed E-state index contributed by atoms with van der Waals surface area (Å²) in [5, 5.41) is 0. The van der Waals surface area contributed by atoms with Crippen LogP contribution < -0.4 is 15.4 Å². The van der Waals surface area contributed by atoms with Gasteiger partial charge in [-0.1, -0.05) is 6.92 Å². The van der Waals surface area contributed by atoms with Crippen molar-refractivity contribution in [3.63, 3.8) is 0 Å². The minimum Gasteiger partial charge on any atom is -0.479 e. The lowest BCUT2D eigenvalue weighted by Crippen LogP contribution is -2.19. The van der Waals surface area contributed by atoms with Gasteiger partial charge in [-0.15, -0.1) is 0 Å². The van der Waals surface area contributed by atoms with Crippen LogP contribution in [0, 0.1) is 0 Å². The molecule has 0 atom stereocenters. The third kappa shape index (κ3) is 2.28. The standard InChI is InChI=1S/C10H17N3O/c1-4-7-13(2)9-6-5-8(11)10(12-9)14-3/h5-6H,4,7,11H2,1-3H3. The van der Waals surface area contributed by atoms with Crippen molar-refractivity contribution in [1.29, 1.82) is 0 Å². The molecule has 1 aromatic heterocycles. The molecule has 78 valence electrons. The average Bonchev–Trinajstić information content (AvgIpc) is 2.19. The third-order valence-corrected chi connectivity index (χ3v) is 2.02. The number of hydrogen-bond acceptors (Lipinski definition) is 4. The van der Waals surface area contributed by atoms with Crippen LogP contribution >= 0.6 is 0 Å². The molecule has 0 unspecified atom stereocenters. The Morgan fingerprint density at radius 3 is 2.79 bits per heavy atom. The maximum atomic E-state index is 5.67. The molecule has 0 aliphatic carbocycles. The summed E-state index contributed by atoms with van der Waals surface area (Å²) in [6.45, 7) is 3.10. The average molecular weight is 195 g/mol. The maximum absolute atomic E-state index is 5.67. The molecule has 0 aliphatic rings. The van der Waals surface area contributed by atoms with Gasteiger partial charge < -0.3 is 15.4 Å². The first-order valence-electron chi connectivity index (χ1n) is 4.70. The van der Waals surface area contributed by atoms with Crippen LogP contribution in [-0.2, 0) is 0 Å². The molecule has 4 nitrogen and oxygen atoms in total. The smallest absolute Gasteiger partial charge is 0.238 e. The fourth-order valence-electron chi connectivity index (χ4n) is 1.27. The number of rotatable bonds is 4. The van der Waals surface area contributed by atoms with Crippen LogP contribution in [0.1, 0.15) is 13.3 Å². The van der Waals surface area contributed by atoms with Gasteiger partial charge in [-0.3, -0.25) is 0 Å². The van der Waals surface area contributed by atoms with Gasteiger partial charge in [-0.05, 0) is 18.6 Å². The number of aromatic nitrogens is 1. The van der Waals surface area contributed by atoms with Crippen molar-refractivity contribution in [3.05, 3.63) is 12.1 Å². The fourth-order valence-corrected chi connectivity index (χ4v) is 1.27. The zero-order valence-corrected chi connectivity index (χ0v) is 8.95. The van der Waals surface area contributed by atoms with Crippen molar-refractivity contribution in [1.82, 2.24) is 4.98 Å². The molecule has 1 heterocycles. The molecule has 2 N–H and O–H groups in total. The summed E-state index contributed by atoms with van der Waals surface area (Å²) in [6, 6.07) is 3.71. The summed E-state index contributed by atoms with van der Waals surface area (Å²) < 4.78 is 5.05. The Bertz CT molecular complexity index is 301. The molecule has 0 saturated carbocycles. The minimum atomic E-state index is 0.491. The van der Waals surface area contributed by atoms with E-state index in [1.165, 1.54) is 0 Å². The lowest BCUT2D eigenvalue weighted by atomic mass is 10.3. The molecule has 0 aliphatic heterocycles. The predicted octanol–water partition coefficient (Wildman–Crippen LogP) is 1.52. The number of anilines is 2. The topological polar surface area (TPSA) is 51.4 Å². The molecule has 0 saturated heterocycles. The van der Waals surface area contributed by atoms with Crippen LogP contribution in [0.3, 0.4) is 0 Å². The second-order valence-electron chi connectivity index (χ2n) is 3.19. The Kier molecular flexibility index (Phi) is 3.56. The van der Waals surface area contributed by atoms with E-state index in [1.807, 2.05) is 19.2 Å². The highest BCUT2D eigenvalue weighted by Crippen LogP contribution is 2.21. The van der Waals surface area contributed by atoms with Gasteiger partial charge >= 0.3 is 0 Å². The molecule has 14 heavy (non-hydrogen) atoms. The number of pyridine rings is 1. The Labute approximate surface area is 84.7 Å². The van der Waals surface area contributed by atoms with E-state index in [0.29, 0.717) is 11.6 Å². The van der Waals surface area contributed by atoms with Gasteiger partial charge in [-0.25, -0.2) is 0 Å². The number of hydrogen-bond donors (Lipinski definition) is 1. The lowest BCUT2D eigenvalue weighted by Gasteiger charge is -2.17. The monoisotopic (exact) mass is 195 g/mol.